The van der Waals surface area contributed by atoms with E-state index < -0.39 is 4.92 Å². The summed E-state index contributed by atoms with van der Waals surface area (Å²) in [6.45, 7) is 4.66. The Hall–Kier alpha value is -3.20. The second kappa shape index (κ2) is 8.95. The lowest BCUT2D eigenvalue weighted by Gasteiger charge is -2.33. The van der Waals surface area contributed by atoms with Gasteiger partial charge in [-0.05, 0) is 18.2 Å². The number of nitrogens with one attached hydrogen (secondary N) is 2. The predicted molar refractivity (Wildman–Crippen MR) is 99.9 cm³/mol. The second-order valence-electron chi connectivity index (χ2n) is 6.30. The molecule has 0 spiro atoms. The van der Waals surface area contributed by atoms with Crippen LogP contribution >= 0.6 is 0 Å². The van der Waals surface area contributed by atoms with Gasteiger partial charge in [-0.1, -0.05) is 18.2 Å². The van der Waals surface area contributed by atoms with Gasteiger partial charge in [0.2, 0.25) is 5.91 Å². The highest BCUT2D eigenvalue weighted by Crippen LogP contribution is 2.14. The zero-order valence-electron chi connectivity index (χ0n) is 14.8. The van der Waals surface area contributed by atoms with Crippen molar-refractivity contribution in [3.63, 3.8) is 0 Å². The fourth-order valence-corrected chi connectivity index (χ4v) is 2.99. The number of rotatable bonds is 7. The highest BCUT2D eigenvalue weighted by atomic mass is 16.6. The molecule has 2 heterocycles. The summed E-state index contributed by atoms with van der Waals surface area (Å²) in [5.41, 5.74) is 3.66. The molecule has 0 saturated carbocycles. The Morgan fingerprint density at radius 2 is 2.00 bits per heavy atom. The Kier molecular flexibility index (Phi) is 6.16. The molecule has 0 aliphatic carbocycles. The summed E-state index contributed by atoms with van der Waals surface area (Å²) < 4.78 is 4.92. The molecule has 9 heteroatoms. The summed E-state index contributed by atoms with van der Waals surface area (Å²) in [5.74, 6) is -0.337. The summed E-state index contributed by atoms with van der Waals surface area (Å²) in [6.07, 6.45) is 1.62. The van der Waals surface area contributed by atoms with Crippen LogP contribution in [0, 0.1) is 10.1 Å². The van der Waals surface area contributed by atoms with Crippen molar-refractivity contribution in [2.75, 3.05) is 37.6 Å². The van der Waals surface area contributed by atoms with Crippen molar-refractivity contribution in [1.29, 1.82) is 0 Å². The predicted octanol–water partition coefficient (Wildman–Crippen LogP) is 0.433. The van der Waals surface area contributed by atoms with Crippen LogP contribution < -0.4 is 15.2 Å². The molecule has 1 aromatic heterocycles. The Labute approximate surface area is 156 Å². The quantitative estimate of drug-likeness (QED) is 0.417. The maximum Gasteiger partial charge on any atom is 0.433 e. The number of para-hydroxylation sites is 1. The molecule has 0 bridgehead atoms. The first-order valence-corrected chi connectivity index (χ1v) is 8.81. The molecular formula is C18H22N5O4+. The number of quaternary nitrogens is 1. The van der Waals surface area contributed by atoms with E-state index in [1.165, 1.54) is 28.9 Å². The van der Waals surface area contributed by atoms with E-state index in [0.29, 0.717) is 6.42 Å². The lowest BCUT2D eigenvalue weighted by molar-refractivity contribution is -0.900. The van der Waals surface area contributed by atoms with E-state index in [1.54, 1.807) is 0 Å². The van der Waals surface area contributed by atoms with E-state index in [9.17, 15) is 14.9 Å². The van der Waals surface area contributed by atoms with Crippen molar-refractivity contribution in [3.05, 3.63) is 58.3 Å². The number of amides is 1. The van der Waals surface area contributed by atoms with Crippen LogP contribution in [0.25, 0.3) is 0 Å². The third-order valence-corrected chi connectivity index (χ3v) is 4.47. The molecule has 3 rings (SSSR count). The second-order valence-corrected chi connectivity index (χ2v) is 6.30. The number of hydrazone groups is 1. The first-order chi connectivity index (χ1) is 13.1. The van der Waals surface area contributed by atoms with Crippen LogP contribution in [0.1, 0.15) is 12.2 Å². The van der Waals surface area contributed by atoms with Crippen molar-refractivity contribution in [2.24, 2.45) is 5.10 Å². The molecule has 142 valence electrons. The average Bonchev–Trinajstić information content (AvgIpc) is 3.17. The molecule has 9 nitrogen and oxygen atoms in total. The van der Waals surface area contributed by atoms with Crippen LogP contribution in [0.5, 0.6) is 0 Å². The molecule has 0 atom stereocenters. The lowest BCUT2D eigenvalue weighted by Crippen LogP contribution is -3.15. The number of piperazine rings is 1. The van der Waals surface area contributed by atoms with E-state index in [-0.39, 0.29) is 17.6 Å². The van der Waals surface area contributed by atoms with E-state index in [0.717, 1.165) is 32.7 Å². The van der Waals surface area contributed by atoms with Crippen molar-refractivity contribution >= 4 is 23.7 Å². The zero-order chi connectivity index (χ0) is 19.1. The van der Waals surface area contributed by atoms with Gasteiger partial charge in [0.15, 0.2) is 5.76 Å². The molecule has 1 saturated heterocycles. The van der Waals surface area contributed by atoms with Gasteiger partial charge >= 0.3 is 5.88 Å². The zero-order valence-corrected chi connectivity index (χ0v) is 14.8. The SMILES string of the molecule is O=C(CC[NH+]1CCN(c2ccccc2)CC1)N/N=C\c1ccc([N+](=O)[O-])o1. The molecule has 27 heavy (non-hydrogen) atoms. The standard InChI is InChI=1S/C18H21N5O4/c24-17(20-19-14-16-6-7-18(27-16)23(25)26)8-9-21-10-12-22(13-11-21)15-4-2-1-3-5-15/h1-7,14H,8-13H2,(H,20,24)/p+1/b19-14-. The van der Waals surface area contributed by atoms with Gasteiger partial charge in [0, 0.05) is 5.69 Å². The number of nitrogens with zero attached hydrogens (tertiary/aromatic N) is 3. The summed E-state index contributed by atoms with van der Waals surface area (Å²) in [6, 6.07) is 13.0. The van der Waals surface area contributed by atoms with Crippen LogP contribution in [-0.4, -0.2) is 49.8 Å². The van der Waals surface area contributed by atoms with Gasteiger partial charge in [-0.3, -0.25) is 14.9 Å². The van der Waals surface area contributed by atoms with Crippen LogP contribution in [0.4, 0.5) is 11.6 Å². The van der Waals surface area contributed by atoms with Gasteiger partial charge in [-0.25, -0.2) is 5.43 Å². The molecule has 1 aliphatic heterocycles. The van der Waals surface area contributed by atoms with E-state index >= 15 is 0 Å². The summed E-state index contributed by atoms with van der Waals surface area (Å²) >= 11 is 0. The Morgan fingerprint density at radius 1 is 1.26 bits per heavy atom. The summed E-state index contributed by atoms with van der Waals surface area (Å²) in [7, 11) is 0. The van der Waals surface area contributed by atoms with Gasteiger partial charge in [-0.2, -0.15) is 5.10 Å². The minimum absolute atomic E-state index is 0.190. The minimum atomic E-state index is -0.629. The monoisotopic (exact) mass is 372 g/mol. The number of nitro groups is 1. The highest BCUT2D eigenvalue weighted by molar-refractivity contribution is 5.80. The largest absolute Gasteiger partial charge is 0.433 e. The van der Waals surface area contributed by atoms with Gasteiger partial charge < -0.3 is 14.2 Å². The minimum Gasteiger partial charge on any atom is -0.400 e. The van der Waals surface area contributed by atoms with Gasteiger partial charge in [0.05, 0.1) is 51.4 Å². The Balaban J connectivity index is 1.36. The van der Waals surface area contributed by atoms with Gasteiger partial charge in [0.1, 0.15) is 4.92 Å². The van der Waals surface area contributed by atoms with Crippen LogP contribution in [0.2, 0.25) is 0 Å². The smallest absolute Gasteiger partial charge is 0.400 e. The normalized spacial score (nSPS) is 15.2. The van der Waals surface area contributed by atoms with Crippen LogP contribution in [-0.2, 0) is 4.79 Å². The number of anilines is 1. The number of hydrogen-bond acceptors (Lipinski definition) is 6. The van der Waals surface area contributed by atoms with Crippen LogP contribution in [0.3, 0.4) is 0 Å². The number of benzene rings is 1. The highest BCUT2D eigenvalue weighted by Gasteiger charge is 2.20. The molecule has 1 amide bonds. The van der Waals surface area contributed by atoms with E-state index in [2.05, 4.69) is 27.6 Å². The molecule has 2 aromatic rings. The summed E-state index contributed by atoms with van der Waals surface area (Å²) in [5, 5.41) is 14.3. The lowest BCUT2D eigenvalue weighted by atomic mass is 10.2. The summed E-state index contributed by atoms with van der Waals surface area (Å²) in [4.78, 5) is 25.5. The number of carbonyl (C=O) groups is 1. The van der Waals surface area contributed by atoms with Crippen LogP contribution in [0.15, 0.2) is 52.0 Å². The first kappa shape index (κ1) is 18.6. The molecular weight excluding hydrogens is 350 g/mol. The molecule has 2 N–H and O–H groups in total. The Morgan fingerprint density at radius 3 is 2.67 bits per heavy atom. The Bertz CT molecular complexity index is 797. The van der Waals surface area contributed by atoms with E-state index in [4.69, 9.17) is 4.42 Å². The first-order valence-electron chi connectivity index (χ1n) is 8.81. The maximum atomic E-state index is 11.9. The van der Waals surface area contributed by atoms with Crippen molar-refractivity contribution in [2.45, 2.75) is 6.42 Å². The third-order valence-electron chi connectivity index (χ3n) is 4.47. The van der Waals surface area contributed by atoms with Crippen molar-refractivity contribution < 1.29 is 19.0 Å². The van der Waals surface area contributed by atoms with Gasteiger partial charge in [0.25, 0.3) is 0 Å². The molecule has 0 radical (unpaired) electrons. The number of carbonyl (C=O) groups excluding carboxylic acids is 1. The number of hydrogen-bond donors (Lipinski definition) is 2. The molecule has 1 aliphatic rings. The third kappa shape index (κ3) is 5.38. The fraction of sp³-hybridized carbons (Fsp3) is 0.333. The topological polar surface area (TPSA) is 105 Å². The molecule has 1 fully saturated rings. The number of furan rings is 1. The average molecular weight is 372 g/mol. The molecule has 0 unspecified atom stereocenters. The fourth-order valence-electron chi connectivity index (χ4n) is 2.99. The van der Waals surface area contributed by atoms with Crippen molar-refractivity contribution in [3.8, 4) is 0 Å². The van der Waals surface area contributed by atoms with E-state index in [1.807, 2.05) is 18.2 Å². The maximum absolute atomic E-state index is 11.9. The molecule has 1 aromatic carbocycles. The van der Waals surface area contributed by atoms with Crippen molar-refractivity contribution in [1.82, 2.24) is 5.43 Å². The van der Waals surface area contributed by atoms with Gasteiger partial charge in [-0.15, -0.1) is 0 Å².